The molecule has 4 nitrogen and oxygen atoms in total. The number of carbonyl (C=O) groups is 2. The Hall–Kier alpha value is -0.330. The lowest BCUT2D eigenvalue weighted by Gasteiger charge is -2.20. The summed E-state index contributed by atoms with van der Waals surface area (Å²) in [7, 11) is 0. The molecule has 1 aliphatic heterocycles. The van der Waals surface area contributed by atoms with E-state index in [9.17, 15) is 9.59 Å². The summed E-state index contributed by atoms with van der Waals surface area (Å²) in [6.45, 7) is 3.20. The topological polar surface area (TPSA) is 63.4 Å². The van der Waals surface area contributed by atoms with Crippen molar-refractivity contribution < 1.29 is 9.59 Å². The summed E-state index contributed by atoms with van der Waals surface area (Å²) in [6, 6.07) is 0. The molecule has 1 aliphatic rings. The quantitative estimate of drug-likeness (QED) is 0.600. The number of halogens is 1. The molecule has 0 unspecified atom stereocenters. The standard InChI is InChI=1S/C10H17IN2O2/c1-2-8(10(12)15)6-13-5-7(4-11)3-9(13)14/h7-8H,2-6H2,1H3,(H2,12,15)/t7-,8-/m0/s1. The van der Waals surface area contributed by atoms with Gasteiger partial charge < -0.3 is 10.6 Å². The molecule has 1 heterocycles. The van der Waals surface area contributed by atoms with Crippen molar-refractivity contribution >= 4 is 34.4 Å². The molecule has 0 spiro atoms. The van der Waals surface area contributed by atoms with Crippen LogP contribution in [0.5, 0.6) is 0 Å². The van der Waals surface area contributed by atoms with Crippen LogP contribution >= 0.6 is 22.6 Å². The number of alkyl halides is 1. The Labute approximate surface area is 104 Å². The lowest BCUT2D eigenvalue weighted by Crippen LogP contribution is -2.37. The van der Waals surface area contributed by atoms with Gasteiger partial charge in [-0.15, -0.1) is 0 Å². The van der Waals surface area contributed by atoms with Crippen LogP contribution in [0, 0.1) is 11.8 Å². The van der Waals surface area contributed by atoms with E-state index in [4.69, 9.17) is 5.73 Å². The number of nitrogens with zero attached hydrogens (tertiary/aromatic N) is 1. The lowest BCUT2D eigenvalue weighted by molar-refractivity contribution is -0.129. The van der Waals surface area contributed by atoms with E-state index in [0.717, 1.165) is 11.0 Å². The predicted molar refractivity (Wildman–Crippen MR) is 66.5 cm³/mol. The second-order valence-electron chi connectivity index (χ2n) is 4.03. The van der Waals surface area contributed by atoms with Crippen LogP contribution in [-0.2, 0) is 9.59 Å². The third kappa shape index (κ3) is 3.32. The van der Waals surface area contributed by atoms with E-state index in [2.05, 4.69) is 22.6 Å². The summed E-state index contributed by atoms with van der Waals surface area (Å²) in [5, 5.41) is 0. The van der Waals surface area contributed by atoms with Crippen molar-refractivity contribution in [2.45, 2.75) is 19.8 Å². The van der Waals surface area contributed by atoms with Crippen LogP contribution in [0.3, 0.4) is 0 Å². The molecule has 1 rings (SSSR count). The molecule has 0 aromatic rings. The summed E-state index contributed by atoms with van der Waals surface area (Å²) in [5.74, 6) is 0.116. The number of likely N-dealkylation sites (tertiary alicyclic amines) is 1. The van der Waals surface area contributed by atoms with Crippen LogP contribution in [0.25, 0.3) is 0 Å². The molecule has 2 N–H and O–H groups in total. The first-order valence-electron chi connectivity index (χ1n) is 5.21. The summed E-state index contributed by atoms with van der Waals surface area (Å²) in [5.41, 5.74) is 5.26. The van der Waals surface area contributed by atoms with Crippen molar-refractivity contribution in [1.29, 1.82) is 0 Å². The Morgan fingerprint density at radius 1 is 1.73 bits per heavy atom. The maximum absolute atomic E-state index is 11.6. The van der Waals surface area contributed by atoms with Crippen molar-refractivity contribution in [3.8, 4) is 0 Å². The van der Waals surface area contributed by atoms with Crippen molar-refractivity contribution in [3.63, 3.8) is 0 Å². The molecule has 2 amide bonds. The van der Waals surface area contributed by atoms with Gasteiger partial charge in [-0.1, -0.05) is 29.5 Å². The fourth-order valence-corrected chi connectivity index (χ4v) is 2.41. The van der Waals surface area contributed by atoms with Gasteiger partial charge in [0.05, 0.1) is 5.92 Å². The van der Waals surface area contributed by atoms with Crippen molar-refractivity contribution in [3.05, 3.63) is 0 Å². The van der Waals surface area contributed by atoms with Crippen LogP contribution in [0.2, 0.25) is 0 Å². The first kappa shape index (κ1) is 12.7. The van der Waals surface area contributed by atoms with Gasteiger partial charge in [0.2, 0.25) is 11.8 Å². The molecule has 1 fully saturated rings. The van der Waals surface area contributed by atoms with E-state index in [1.807, 2.05) is 6.92 Å². The lowest BCUT2D eigenvalue weighted by atomic mass is 10.1. The number of hydrogen-bond donors (Lipinski definition) is 1. The van der Waals surface area contributed by atoms with Crippen LogP contribution in [0.15, 0.2) is 0 Å². The fraction of sp³-hybridized carbons (Fsp3) is 0.800. The number of amides is 2. The Morgan fingerprint density at radius 2 is 2.40 bits per heavy atom. The number of carbonyl (C=O) groups excluding carboxylic acids is 2. The zero-order valence-corrected chi connectivity index (χ0v) is 11.1. The highest BCUT2D eigenvalue weighted by molar-refractivity contribution is 14.1. The minimum atomic E-state index is -0.303. The number of nitrogens with two attached hydrogens (primary N) is 1. The molecule has 15 heavy (non-hydrogen) atoms. The van der Waals surface area contributed by atoms with Crippen LogP contribution in [-0.4, -0.2) is 34.2 Å². The summed E-state index contributed by atoms with van der Waals surface area (Å²) in [4.78, 5) is 24.4. The second kappa shape index (κ2) is 5.67. The van der Waals surface area contributed by atoms with Gasteiger partial charge in [-0.05, 0) is 12.3 Å². The first-order valence-corrected chi connectivity index (χ1v) is 6.74. The zero-order chi connectivity index (χ0) is 11.4. The van der Waals surface area contributed by atoms with Crippen LogP contribution in [0.1, 0.15) is 19.8 Å². The minimum Gasteiger partial charge on any atom is -0.369 e. The SMILES string of the molecule is CC[C@@H](CN1C[C@H](CI)CC1=O)C(N)=O. The second-order valence-corrected chi connectivity index (χ2v) is 4.91. The van der Waals surface area contributed by atoms with Gasteiger partial charge in [-0.3, -0.25) is 9.59 Å². The van der Waals surface area contributed by atoms with E-state index in [0.29, 0.717) is 25.3 Å². The Balaban J connectivity index is 2.51. The molecule has 0 aliphatic carbocycles. The fourth-order valence-electron chi connectivity index (χ4n) is 1.82. The highest BCUT2D eigenvalue weighted by atomic mass is 127. The van der Waals surface area contributed by atoms with E-state index >= 15 is 0 Å². The summed E-state index contributed by atoms with van der Waals surface area (Å²) >= 11 is 2.30. The van der Waals surface area contributed by atoms with Gasteiger partial charge >= 0.3 is 0 Å². The normalized spacial score (nSPS) is 23.2. The molecule has 1 saturated heterocycles. The predicted octanol–water partition coefficient (Wildman–Crippen LogP) is 0.781. The Morgan fingerprint density at radius 3 is 2.80 bits per heavy atom. The molecule has 0 aromatic heterocycles. The molecule has 0 saturated carbocycles. The van der Waals surface area contributed by atoms with Crippen molar-refractivity contribution in [1.82, 2.24) is 4.90 Å². The summed E-state index contributed by atoms with van der Waals surface area (Å²) in [6.07, 6.45) is 1.33. The third-order valence-corrected chi connectivity index (χ3v) is 4.09. The number of hydrogen-bond acceptors (Lipinski definition) is 2. The molecule has 0 radical (unpaired) electrons. The maximum Gasteiger partial charge on any atom is 0.222 e. The molecular weight excluding hydrogens is 307 g/mol. The van der Waals surface area contributed by atoms with E-state index in [1.54, 1.807) is 4.90 Å². The van der Waals surface area contributed by atoms with E-state index < -0.39 is 0 Å². The molecule has 86 valence electrons. The van der Waals surface area contributed by atoms with Gasteiger partial charge in [0, 0.05) is 23.9 Å². The Kier molecular flexibility index (Phi) is 4.82. The van der Waals surface area contributed by atoms with Crippen LogP contribution < -0.4 is 5.73 Å². The highest BCUT2D eigenvalue weighted by Gasteiger charge is 2.30. The van der Waals surface area contributed by atoms with Crippen molar-refractivity contribution in [2.24, 2.45) is 17.6 Å². The molecule has 0 aromatic carbocycles. The minimum absolute atomic E-state index is 0.163. The maximum atomic E-state index is 11.6. The van der Waals surface area contributed by atoms with Crippen molar-refractivity contribution in [2.75, 3.05) is 17.5 Å². The van der Waals surface area contributed by atoms with Gasteiger partial charge in [0.1, 0.15) is 0 Å². The molecule has 0 bridgehead atoms. The highest BCUT2D eigenvalue weighted by Crippen LogP contribution is 2.21. The average Bonchev–Trinajstić information content (AvgIpc) is 2.55. The summed E-state index contributed by atoms with van der Waals surface area (Å²) < 4.78 is 0.993. The van der Waals surface area contributed by atoms with Gasteiger partial charge in [0.25, 0.3) is 0 Å². The zero-order valence-electron chi connectivity index (χ0n) is 8.91. The largest absolute Gasteiger partial charge is 0.369 e. The van der Waals surface area contributed by atoms with Crippen LogP contribution in [0.4, 0.5) is 0 Å². The first-order chi connectivity index (χ1) is 7.08. The Bertz CT molecular complexity index is 258. The monoisotopic (exact) mass is 324 g/mol. The number of rotatable bonds is 5. The molecular formula is C10H17IN2O2. The van der Waals surface area contributed by atoms with Gasteiger partial charge in [-0.2, -0.15) is 0 Å². The van der Waals surface area contributed by atoms with Gasteiger partial charge in [-0.25, -0.2) is 0 Å². The van der Waals surface area contributed by atoms with Gasteiger partial charge in [0.15, 0.2) is 0 Å². The molecule has 5 heteroatoms. The third-order valence-electron chi connectivity index (χ3n) is 2.85. The van der Waals surface area contributed by atoms with E-state index in [-0.39, 0.29) is 17.7 Å². The smallest absolute Gasteiger partial charge is 0.222 e. The average molecular weight is 324 g/mol. The van der Waals surface area contributed by atoms with E-state index in [1.165, 1.54) is 0 Å². The molecule has 2 atom stereocenters. The number of primary amides is 1.